The second kappa shape index (κ2) is 10.4. The van der Waals surface area contributed by atoms with Crippen LogP contribution in [0.15, 0.2) is 59.5 Å². The van der Waals surface area contributed by atoms with Crippen LogP contribution in [-0.4, -0.2) is 64.4 Å². The normalized spacial score (nSPS) is 17.9. The fourth-order valence-electron chi connectivity index (χ4n) is 4.56. The van der Waals surface area contributed by atoms with E-state index in [-0.39, 0.29) is 12.0 Å². The molecular formula is C25H24FN3O8S. The maximum Gasteiger partial charge on any atom is 0.325 e. The lowest BCUT2D eigenvalue weighted by Gasteiger charge is -2.22. The largest absolute Gasteiger partial charge is 0.456 e. The van der Waals surface area contributed by atoms with Crippen molar-refractivity contribution in [3.8, 4) is 5.69 Å². The van der Waals surface area contributed by atoms with E-state index in [1.165, 1.54) is 24.3 Å². The number of hydrogen-bond donors (Lipinski definition) is 1. The lowest BCUT2D eigenvalue weighted by Crippen LogP contribution is -2.42. The number of nitro benzene ring substituents is 1. The Morgan fingerprint density at radius 1 is 1.16 bits per heavy atom. The zero-order valence-electron chi connectivity index (χ0n) is 20.4. The number of carbonyl (C=O) groups excluding carboxylic acids is 2. The average molecular weight is 546 g/mol. The van der Waals surface area contributed by atoms with Gasteiger partial charge in [0, 0.05) is 41.7 Å². The van der Waals surface area contributed by atoms with Crippen molar-refractivity contribution in [2.45, 2.75) is 37.3 Å². The van der Waals surface area contributed by atoms with Crippen molar-refractivity contribution in [1.29, 1.82) is 0 Å². The number of β-amino-alcohol motifs (C(OH)–C–C–N with tert-alkyl or cyclic N) is 1. The smallest absolute Gasteiger partial charge is 0.325 e. The third-order valence-electron chi connectivity index (χ3n) is 6.32. The van der Waals surface area contributed by atoms with Gasteiger partial charge in [-0.1, -0.05) is 12.1 Å². The minimum absolute atomic E-state index is 0.260. The number of rotatable bonds is 8. The molecule has 200 valence electrons. The van der Waals surface area contributed by atoms with Crippen molar-refractivity contribution < 1.29 is 37.2 Å². The third kappa shape index (κ3) is 5.08. The highest BCUT2D eigenvalue weighted by molar-refractivity contribution is 7.89. The highest BCUT2D eigenvalue weighted by atomic mass is 32.2. The van der Waals surface area contributed by atoms with Crippen LogP contribution in [0.2, 0.25) is 0 Å². The highest BCUT2D eigenvalue weighted by Crippen LogP contribution is 2.32. The van der Waals surface area contributed by atoms with Crippen molar-refractivity contribution >= 4 is 27.5 Å². The number of aryl methyl sites for hydroxylation is 1. The van der Waals surface area contributed by atoms with Gasteiger partial charge < -0.3 is 14.4 Å². The number of ether oxygens (including phenoxy) is 1. The molecule has 0 spiro atoms. The van der Waals surface area contributed by atoms with Gasteiger partial charge in [0.1, 0.15) is 11.9 Å². The molecule has 1 aliphatic heterocycles. The summed E-state index contributed by atoms with van der Waals surface area (Å²) < 4.78 is 47.3. The maximum atomic E-state index is 13.3. The number of carbonyl (C=O) groups is 2. The highest BCUT2D eigenvalue weighted by Gasteiger charge is 2.46. The minimum atomic E-state index is -4.56. The number of benzene rings is 2. The number of aliphatic hydroxyl groups excluding tert-OH is 1. The summed E-state index contributed by atoms with van der Waals surface area (Å²) in [5, 5.41) is 21.5. The molecule has 13 heteroatoms. The summed E-state index contributed by atoms with van der Waals surface area (Å²) in [6, 6.07) is 10.5. The summed E-state index contributed by atoms with van der Waals surface area (Å²) in [5.74, 6) is -2.02. The van der Waals surface area contributed by atoms with Crippen LogP contribution < -0.4 is 0 Å². The van der Waals surface area contributed by atoms with E-state index in [2.05, 4.69) is 0 Å². The maximum absolute atomic E-state index is 13.3. The topological polar surface area (TPSA) is 149 Å². The van der Waals surface area contributed by atoms with Crippen LogP contribution in [0.1, 0.15) is 28.2 Å². The van der Waals surface area contributed by atoms with Gasteiger partial charge in [-0.2, -0.15) is 4.31 Å². The zero-order valence-corrected chi connectivity index (χ0v) is 21.2. The van der Waals surface area contributed by atoms with Crippen molar-refractivity contribution in [3.63, 3.8) is 0 Å². The molecule has 0 amide bonds. The van der Waals surface area contributed by atoms with E-state index < -0.39 is 68.4 Å². The standard InChI is InChI=1S/C25H24FN3O8S/c1-15-11-20(16(2)28(15)18-9-7-17(26)8-10-18)23(31)14-37-25(32)22-12-19(30)13-27(22)38(35,36)24-6-4-3-5-21(24)29(33)34/h3-11,19,22,30H,12-14H2,1-2H3/t19?,22-/m0/s1. The third-order valence-corrected chi connectivity index (χ3v) is 8.24. The van der Waals surface area contributed by atoms with Crippen LogP contribution >= 0.6 is 0 Å². The van der Waals surface area contributed by atoms with Crippen LogP contribution in [0.4, 0.5) is 10.1 Å². The van der Waals surface area contributed by atoms with Crippen molar-refractivity contribution in [3.05, 3.63) is 87.5 Å². The molecule has 1 saturated heterocycles. The van der Waals surface area contributed by atoms with Gasteiger partial charge in [0.2, 0.25) is 5.78 Å². The van der Waals surface area contributed by atoms with E-state index in [4.69, 9.17) is 4.74 Å². The molecule has 1 N–H and O–H groups in total. The summed E-state index contributed by atoms with van der Waals surface area (Å²) in [5.41, 5.74) is 1.44. The molecule has 38 heavy (non-hydrogen) atoms. The summed E-state index contributed by atoms with van der Waals surface area (Å²) in [7, 11) is -4.56. The molecule has 1 aromatic heterocycles. The number of esters is 1. The number of nitro groups is 1. The molecule has 2 heterocycles. The number of hydrogen-bond acceptors (Lipinski definition) is 8. The number of sulfonamides is 1. The van der Waals surface area contributed by atoms with Gasteiger partial charge in [-0.25, -0.2) is 12.8 Å². The number of aromatic nitrogens is 1. The Bertz CT molecular complexity index is 1520. The fourth-order valence-corrected chi connectivity index (χ4v) is 6.35. The Hall–Kier alpha value is -3.94. The fraction of sp³-hybridized carbons (Fsp3) is 0.280. The SMILES string of the molecule is Cc1cc(C(=O)COC(=O)[C@@H]2CC(O)CN2S(=O)(=O)c2ccccc2[N+](=O)[O-])c(C)n1-c1ccc(F)cc1. The summed E-state index contributed by atoms with van der Waals surface area (Å²) in [6.45, 7) is 2.27. The van der Waals surface area contributed by atoms with Gasteiger partial charge in [-0.3, -0.25) is 19.7 Å². The van der Waals surface area contributed by atoms with Crippen LogP contribution in [0, 0.1) is 29.8 Å². The van der Waals surface area contributed by atoms with E-state index in [0.717, 1.165) is 12.1 Å². The van der Waals surface area contributed by atoms with Gasteiger partial charge in [-0.15, -0.1) is 0 Å². The Morgan fingerprint density at radius 2 is 1.82 bits per heavy atom. The molecule has 11 nitrogen and oxygen atoms in total. The van der Waals surface area contributed by atoms with Crippen LogP contribution in [0.3, 0.4) is 0 Å². The van der Waals surface area contributed by atoms with Crippen molar-refractivity contribution in [2.24, 2.45) is 0 Å². The van der Waals surface area contributed by atoms with Crippen molar-refractivity contribution in [1.82, 2.24) is 8.87 Å². The number of aliphatic hydroxyl groups is 1. The summed E-state index contributed by atoms with van der Waals surface area (Å²) in [6.07, 6.45) is -1.51. The first-order valence-corrected chi connectivity index (χ1v) is 12.9. The van der Waals surface area contributed by atoms with E-state index >= 15 is 0 Å². The average Bonchev–Trinajstić information content (AvgIpc) is 3.42. The van der Waals surface area contributed by atoms with Gasteiger partial charge in [0.25, 0.3) is 15.7 Å². The van der Waals surface area contributed by atoms with Crippen LogP contribution in [-0.2, 0) is 19.6 Å². The molecule has 0 radical (unpaired) electrons. The van der Waals surface area contributed by atoms with E-state index in [0.29, 0.717) is 21.4 Å². The molecule has 0 saturated carbocycles. The predicted octanol–water partition coefficient (Wildman–Crippen LogP) is 2.69. The van der Waals surface area contributed by atoms with Gasteiger partial charge in [-0.05, 0) is 50.2 Å². The summed E-state index contributed by atoms with van der Waals surface area (Å²) >= 11 is 0. The second-order valence-electron chi connectivity index (χ2n) is 8.83. The van der Waals surface area contributed by atoms with Crippen LogP contribution in [0.25, 0.3) is 5.69 Å². The molecule has 4 rings (SSSR count). The first kappa shape index (κ1) is 27.1. The molecule has 2 aromatic carbocycles. The monoisotopic (exact) mass is 545 g/mol. The Balaban J connectivity index is 1.52. The molecule has 3 aromatic rings. The Kier molecular flexibility index (Phi) is 7.44. The van der Waals surface area contributed by atoms with Gasteiger partial charge >= 0.3 is 5.97 Å². The molecule has 1 aliphatic rings. The molecule has 1 fully saturated rings. The number of para-hydroxylation sites is 1. The van der Waals surface area contributed by atoms with Crippen molar-refractivity contribution in [2.75, 3.05) is 13.2 Å². The molecular weight excluding hydrogens is 521 g/mol. The zero-order chi connectivity index (χ0) is 27.8. The minimum Gasteiger partial charge on any atom is -0.456 e. The lowest BCUT2D eigenvalue weighted by atomic mass is 10.1. The molecule has 0 bridgehead atoms. The number of Topliss-reactive ketones (excluding diaryl/α,β-unsaturated/α-hetero) is 1. The second-order valence-corrected chi connectivity index (χ2v) is 10.7. The van der Waals surface area contributed by atoms with Gasteiger partial charge in [0.05, 0.1) is 11.0 Å². The van der Waals surface area contributed by atoms with E-state index in [9.17, 15) is 37.6 Å². The molecule has 0 aliphatic carbocycles. The predicted molar refractivity (Wildman–Crippen MR) is 132 cm³/mol. The Morgan fingerprint density at radius 3 is 2.47 bits per heavy atom. The van der Waals surface area contributed by atoms with E-state index in [1.54, 1.807) is 36.6 Å². The summed E-state index contributed by atoms with van der Waals surface area (Å²) in [4.78, 5) is 35.7. The number of halogens is 1. The number of nitrogens with zero attached hydrogens (tertiary/aromatic N) is 3. The number of ketones is 1. The lowest BCUT2D eigenvalue weighted by molar-refractivity contribution is -0.387. The quantitative estimate of drug-likeness (QED) is 0.197. The Labute approximate surface area is 217 Å². The molecule has 1 unspecified atom stereocenters. The van der Waals surface area contributed by atoms with E-state index in [1.807, 2.05) is 0 Å². The molecule has 2 atom stereocenters. The van der Waals surface area contributed by atoms with Crippen LogP contribution in [0.5, 0.6) is 0 Å². The van der Waals surface area contributed by atoms with Gasteiger partial charge in [0.15, 0.2) is 11.5 Å². The first-order valence-electron chi connectivity index (χ1n) is 11.5. The first-order chi connectivity index (χ1) is 17.9.